The fourth-order valence-electron chi connectivity index (χ4n) is 3.65. The van der Waals surface area contributed by atoms with Gasteiger partial charge in [-0.3, -0.25) is 9.52 Å². The minimum atomic E-state index is -5.35. The molecule has 9 nitrogen and oxygen atoms in total. The number of nitrogens with zero attached hydrogens (tertiary/aromatic N) is 1. The highest BCUT2D eigenvalue weighted by atomic mass is 32.2. The molecule has 1 amide bonds. The third-order valence-electron chi connectivity index (χ3n) is 5.63. The summed E-state index contributed by atoms with van der Waals surface area (Å²) in [6.45, 7) is 1.74. The average molecular weight is 580 g/mol. The van der Waals surface area contributed by atoms with E-state index < -0.39 is 48.6 Å². The first-order chi connectivity index (χ1) is 17.7. The minimum absolute atomic E-state index is 0.0461. The molecule has 3 aromatic rings. The van der Waals surface area contributed by atoms with Crippen LogP contribution in [0.25, 0.3) is 22.4 Å². The lowest BCUT2D eigenvalue weighted by atomic mass is 10.0. The summed E-state index contributed by atoms with van der Waals surface area (Å²) < 4.78 is 106. The summed E-state index contributed by atoms with van der Waals surface area (Å²) in [6, 6.07) is 6.79. The van der Waals surface area contributed by atoms with Gasteiger partial charge in [0, 0.05) is 12.6 Å². The second-order valence-electron chi connectivity index (χ2n) is 8.34. The number of alkyl halides is 3. The zero-order chi connectivity index (χ0) is 28.3. The van der Waals surface area contributed by atoms with E-state index in [0.717, 1.165) is 0 Å². The van der Waals surface area contributed by atoms with Crippen molar-refractivity contribution < 1.29 is 43.6 Å². The Morgan fingerprint density at radius 2 is 1.66 bits per heavy atom. The zero-order valence-corrected chi connectivity index (χ0v) is 22.0. The molecule has 15 heteroatoms. The van der Waals surface area contributed by atoms with Crippen LogP contribution in [0, 0.1) is 5.82 Å². The van der Waals surface area contributed by atoms with Gasteiger partial charge in [-0.2, -0.15) is 18.2 Å². The number of hydrogen-bond acceptors (Lipinski definition) is 7. The van der Waals surface area contributed by atoms with Crippen LogP contribution in [0.15, 0.2) is 34.7 Å². The molecule has 0 saturated carbocycles. The van der Waals surface area contributed by atoms with E-state index in [9.17, 15) is 39.2 Å². The Bertz CT molecular complexity index is 1530. The summed E-state index contributed by atoms with van der Waals surface area (Å²) in [7, 11) is -7.84. The number of sulfone groups is 1. The van der Waals surface area contributed by atoms with Gasteiger partial charge < -0.3 is 9.73 Å². The molecule has 2 heterocycles. The SMILES string of the molecule is CCc1cc2c(C(=O)NC)c(-c3ccc(F)cc3)oc2nc1NS(=O)(=O)CCCCCS(=O)(=O)C(F)(F)F. The summed E-state index contributed by atoms with van der Waals surface area (Å²) >= 11 is 0. The van der Waals surface area contributed by atoms with E-state index in [1.54, 1.807) is 13.0 Å². The maximum absolute atomic E-state index is 13.4. The van der Waals surface area contributed by atoms with Gasteiger partial charge in [0.05, 0.1) is 22.5 Å². The molecule has 2 aromatic heterocycles. The van der Waals surface area contributed by atoms with Crippen LogP contribution in [-0.2, 0) is 26.3 Å². The first kappa shape index (κ1) is 29.4. The number of benzene rings is 1. The molecule has 0 aliphatic rings. The van der Waals surface area contributed by atoms with E-state index in [0.29, 0.717) is 22.9 Å². The standard InChI is InChI=1S/C23H25F4N3O6S2/c1-3-14-13-17-18(21(31)28-2)19(15-7-9-16(24)10-8-15)36-22(17)29-20(14)30-38(34,35)12-6-4-5-11-37(32,33)23(25,26)27/h7-10,13H,3-6,11-12H2,1-2H3,(H,28,31)(H,29,30). The number of pyridine rings is 1. The Morgan fingerprint density at radius 3 is 2.24 bits per heavy atom. The highest BCUT2D eigenvalue weighted by molar-refractivity contribution is 7.92. The molecule has 2 N–H and O–H groups in total. The molecular formula is C23H25F4N3O6S2. The van der Waals surface area contributed by atoms with Crippen LogP contribution < -0.4 is 10.0 Å². The van der Waals surface area contributed by atoms with E-state index in [2.05, 4.69) is 15.0 Å². The van der Waals surface area contributed by atoms with Gasteiger partial charge in [0.1, 0.15) is 17.4 Å². The number of anilines is 1. The monoisotopic (exact) mass is 579 g/mol. The van der Waals surface area contributed by atoms with Crippen LogP contribution in [0.5, 0.6) is 0 Å². The number of carbonyl (C=O) groups excluding carboxylic acids is 1. The summed E-state index contributed by atoms with van der Waals surface area (Å²) in [5, 5.41) is 2.82. The predicted octanol–water partition coefficient (Wildman–Crippen LogP) is 4.40. The molecule has 0 spiro atoms. The first-order valence-electron chi connectivity index (χ1n) is 11.4. The number of nitrogens with one attached hydrogen (secondary N) is 2. The number of halogens is 4. The molecule has 0 fully saturated rings. The number of amides is 1. The molecule has 1 aromatic carbocycles. The van der Waals surface area contributed by atoms with Crippen LogP contribution in [0.3, 0.4) is 0 Å². The van der Waals surface area contributed by atoms with E-state index in [4.69, 9.17) is 4.42 Å². The van der Waals surface area contributed by atoms with Crippen LogP contribution in [-0.4, -0.2) is 51.8 Å². The van der Waals surface area contributed by atoms with Crippen molar-refractivity contribution in [3.05, 3.63) is 47.3 Å². The second-order valence-corrected chi connectivity index (χ2v) is 12.3. The van der Waals surface area contributed by atoms with Gasteiger partial charge >= 0.3 is 5.51 Å². The van der Waals surface area contributed by atoms with Gasteiger partial charge in [0.15, 0.2) is 0 Å². The van der Waals surface area contributed by atoms with Crippen LogP contribution >= 0.6 is 0 Å². The fourth-order valence-corrected chi connectivity index (χ4v) is 5.63. The van der Waals surface area contributed by atoms with Gasteiger partial charge in [0.25, 0.3) is 5.91 Å². The van der Waals surface area contributed by atoms with Crippen molar-refractivity contribution in [1.82, 2.24) is 10.3 Å². The van der Waals surface area contributed by atoms with E-state index in [-0.39, 0.29) is 42.1 Å². The highest BCUT2D eigenvalue weighted by Crippen LogP contribution is 2.35. The molecule has 208 valence electrons. The van der Waals surface area contributed by atoms with Crippen molar-refractivity contribution in [2.45, 2.75) is 38.1 Å². The minimum Gasteiger partial charge on any atom is -0.437 e. The van der Waals surface area contributed by atoms with Gasteiger partial charge in [-0.15, -0.1) is 0 Å². The zero-order valence-electron chi connectivity index (χ0n) is 20.4. The molecule has 38 heavy (non-hydrogen) atoms. The van der Waals surface area contributed by atoms with Crippen molar-refractivity contribution in [2.24, 2.45) is 0 Å². The maximum atomic E-state index is 13.4. The highest BCUT2D eigenvalue weighted by Gasteiger charge is 2.44. The molecule has 3 rings (SSSR count). The molecular weight excluding hydrogens is 554 g/mol. The lowest BCUT2D eigenvalue weighted by Crippen LogP contribution is -2.26. The molecule has 0 unspecified atom stereocenters. The number of carbonyl (C=O) groups is 1. The number of fused-ring (bicyclic) bond motifs is 1. The second kappa shape index (κ2) is 11.3. The molecule has 0 bridgehead atoms. The van der Waals surface area contributed by atoms with Crippen molar-refractivity contribution >= 4 is 42.7 Å². The smallest absolute Gasteiger partial charge is 0.437 e. The number of aromatic nitrogens is 1. The Morgan fingerprint density at radius 1 is 1.03 bits per heavy atom. The molecule has 0 saturated heterocycles. The topological polar surface area (TPSA) is 135 Å². The number of unbranched alkanes of at least 4 members (excludes halogenated alkanes) is 2. The van der Waals surface area contributed by atoms with Crippen molar-refractivity contribution in [3.8, 4) is 11.3 Å². The molecule has 0 aliphatic heterocycles. The summed E-state index contributed by atoms with van der Waals surface area (Å²) in [5.41, 5.74) is -4.42. The van der Waals surface area contributed by atoms with E-state index in [1.807, 2.05) is 0 Å². The predicted molar refractivity (Wildman–Crippen MR) is 133 cm³/mol. The van der Waals surface area contributed by atoms with Gasteiger partial charge in [0.2, 0.25) is 25.6 Å². The largest absolute Gasteiger partial charge is 0.497 e. The Hall–Kier alpha value is -3.20. The molecule has 0 aliphatic carbocycles. The van der Waals surface area contributed by atoms with E-state index in [1.165, 1.54) is 31.3 Å². The Balaban J connectivity index is 1.84. The lowest BCUT2D eigenvalue weighted by molar-refractivity contribution is -0.0435. The Labute approximate surface area is 216 Å². The fraction of sp³-hybridized carbons (Fsp3) is 0.391. The van der Waals surface area contributed by atoms with Crippen molar-refractivity contribution in [1.29, 1.82) is 0 Å². The Kier molecular flexibility index (Phi) is 8.71. The normalized spacial score (nSPS) is 12.6. The summed E-state index contributed by atoms with van der Waals surface area (Å²) in [6.07, 6.45) is -0.163. The number of furan rings is 1. The van der Waals surface area contributed by atoms with Crippen LogP contribution in [0.4, 0.5) is 23.4 Å². The molecule has 0 radical (unpaired) electrons. The number of aryl methyl sites for hydroxylation is 1. The number of sulfonamides is 1. The van der Waals surface area contributed by atoms with Crippen LogP contribution in [0.2, 0.25) is 0 Å². The van der Waals surface area contributed by atoms with Crippen molar-refractivity contribution in [3.63, 3.8) is 0 Å². The third kappa shape index (κ3) is 6.62. The van der Waals surface area contributed by atoms with Crippen molar-refractivity contribution in [2.75, 3.05) is 23.3 Å². The van der Waals surface area contributed by atoms with E-state index >= 15 is 0 Å². The average Bonchev–Trinajstić information content (AvgIpc) is 3.20. The van der Waals surface area contributed by atoms with Crippen LogP contribution in [0.1, 0.15) is 42.1 Å². The lowest BCUT2D eigenvalue weighted by Gasteiger charge is -2.11. The maximum Gasteiger partial charge on any atom is 0.497 e. The van der Waals surface area contributed by atoms with Gasteiger partial charge in [-0.25, -0.2) is 21.2 Å². The summed E-state index contributed by atoms with van der Waals surface area (Å²) in [5.74, 6) is -2.52. The quantitative estimate of drug-likeness (QED) is 0.254. The summed E-state index contributed by atoms with van der Waals surface area (Å²) in [4.78, 5) is 16.9. The van der Waals surface area contributed by atoms with Gasteiger partial charge in [-0.1, -0.05) is 13.3 Å². The first-order valence-corrected chi connectivity index (χ1v) is 14.7. The van der Waals surface area contributed by atoms with Gasteiger partial charge in [-0.05, 0) is 55.2 Å². The third-order valence-corrected chi connectivity index (χ3v) is 8.50. The number of rotatable bonds is 11. The molecule has 0 atom stereocenters. The number of hydrogen-bond donors (Lipinski definition) is 2.